The lowest BCUT2D eigenvalue weighted by Crippen LogP contribution is -2.37. The van der Waals surface area contributed by atoms with Gasteiger partial charge in [-0.1, -0.05) is 6.07 Å². The van der Waals surface area contributed by atoms with Crippen molar-refractivity contribution in [3.05, 3.63) is 29.3 Å². The van der Waals surface area contributed by atoms with E-state index in [1.807, 2.05) is 26.8 Å². The third-order valence-electron chi connectivity index (χ3n) is 4.34. The minimum atomic E-state index is -0.456. The minimum Gasteiger partial charge on any atom is -0.497 e. The molecule has 5 heteroatoms. The normalized spacial score (nSPS) is 25.7. The lowest BCUT2D eigenvalue weighted by atomic mass is 10.1. The van der Waals surface area contributed by atoms with E-state index in [0.29, 0.717) is 12.1 Å². The molecular formula is C18H26N2O3. The van der Waals surface area contributed by atoms with E-state index in [0.717, 1.165) is 25.0 Å². The number of rotatable bonds is 4. The van der Waals surface area contributed by atoms with Crippen molar-refractivity contribution in [2.45, 2.75) is 63.8 Å². The predicted octanol–water partition coefficient (Wildman–Crippen LogP) is 2.94. The first-order valence-electron chi connectivity index (χ1n) is 8.28. The summed E-state index contributed by atoms with van der Waals surface area (Å²) in [6.45, 7) is 5.62. The molecule has 0 saturated heterocycles. The molecule has 1 saturated carbocycles. The number of benzene rings is 1. The maximum Gasteiger partial charge on any atom is 0.407 e. The Hall–Kier alpha value is -1.75. The Morgan fingerprint density at radius 3 is 2.74 bits per heavy atom. The maximum absolute atomic E-state index is 11.8. The molecule has 1 amide bonds. The van der Waals surface area contributed by atoms with E-state index in [9.17, 15) is 4.79 Å². The molecule has 2 aliphatic rings. The first kappa shape index (κ1) is 16.1. The molecule has 0 bridgehead atoms. The number of aryl methyl sites for hydroxylation is 1. The number of fused-ring (bicyclic) bond motifs is 1. The van der Waals surface area contributed by atoms with Gasteiger partial charge in [-0.3, -0.25) is 0 Å². The van der Waals surface area contributed by atoms with E-state index in [1.165, 1.54) is 11.1 Å². The highest BCUT2D eigenvalue weighted by Gasteiger charge is 2.41. The van der Waals surface area contributed by atoms with Gasteiger partial charge in [0.2, 0.25) is 0 Å². The Morgan fingerprint density at radius 2 is 2.04 bits per heavy atom. The fourth-order valence-electron chi connectivity index (χ4n) is 3.14. The van der Waals surface area contributed by atoms with Crippen LogP contribution in [-0.2, 0) is 11.2 Å². The number of nitrogens with one attached hydrogen (secondary N) is 2. The SMILES string of the molecule is COc1ccc2c(c1)C(NC1CC1NC(=O)OC(C)(C)C)CC2. The third-order valence-corrected chi connectivity index (χ3v) is 4.34. The Kier molecular flexibility index (Phi) is 4.23. The molecule has 5 nitrogen and oxygen atoms in total. The van der Waals surface area contributed by atoms with Gasteiger partial charge in [-0.2, -0.15) is 0 Å². The molecule has 1 aromatic carbocycles. The second-order valence-corrected chi connectivity index (χ2v) is 7.42. The van der Waals surface area contributed by atoms with Crippen molar-refractivity contribution < 1.29 is 14.3 Å². The summed E-state index contributed by atoms with van der Waals surface area (Å²) in [7, 11) is 1.70. The number of amides is 1. The van der Waals surface area contributed by atoms with Gasteiger partial charge in [0.05, 0.1) is 7.11 Å². The quantitative estimate of drug-likeness (QED) is 0.896. The van der Waals surface area contributed by atoms with Crippen LogP contribution in [0.15, 0.2) is 18.2 Å². The van der Waals surface area contributed by atoms with Crippen LogP contribution in [0.4, 0.5) is 4.79 Å². The van der Waals surface area contributed by atoms with Crippen LogP contribution in [0.5, 0.6) is 5.75 Å². The predicted molar refractivity (Wildman–Crippen MR) is 88.8 cm³/mol. The van der Waals surface area contributed by atoms with Crippen LogP contribution >= 0.6 is 0 Å². The van der Waals surface area contributed by atoms with Gasteiger partial charge in [0, 0.05) is 18.1 Å². The van der Waals surface area contributed by atoms with E-state index in [-0.39, 0.29) is 12.1 Å². The van der Waals surface area contributed by atoms with E-state index in [2.05, 4.69) is 22.8 Å². The molecule has 0 radical (unpaired) electrons. The fraction of sp³-hybridized carbons (Fsp3) is 0.611. The lowest BCUT2D eigenvalue weighted by Gasteiger charge is -2.20. The van der Waals surface area contributed by atoms with Crippen molar-refractivity contribution >= 4 is 6.09 Å². The van der Waals surface area contributed by atoms with E-state index in [1.54, 1.807) is 7.11 Å². The number of alkyl carbamates (subject to hydrolysis) is 1. The van der Waals surface area contributed by atoms with Crippen LogP contribution in [0.1, 0.15) is 50.8 Å². The minimum absolute atomic E-state index is 0.166. The van der Waals surface area contributed by atoms with Crippen LogP contribution in [0.3, 0.4) is 0 Å². The molecule has 3 rings (SSSR count). The Labute approximate surface area is 137 Å². The van der Waals surface area contributed by atoms with Crippen LogP contribution in [0, 0.1) is 0 Å². The summed E-state index contributed by atoms with van der Waals surface area (Å²) in [6.07, 6.45) is 2.81. The molecule has 0 aromatic heterocycles. The van der Waals surface area contributed by atoms with Crippen LogP contribution < -0.4 is 15.4 Å². The molecule has 3 atom stereocenters. The molecule has 0 spiro atoms. The second-order valence-electron chi connectivity index (χ2n) is 7.42. The van der Waals surface area contributed by atoms with Gasteiger partial charge in [-0.15, -0.1) is 0 Å². The van der Waals surface area contributed by atoms with Crippen molar-refractivity contribution in [2.24, 2.45) is 0 Å². The first-order chi connectivity index (χ1) is 10.9. The summed E-state index contributed by atoms with van der Waals surface area (Å²) in [5.74, 6) is 0.900. The first-order valence-corrected chi connectivity index (χ1v) is 8.28. The lowest BCUT2D eigenvalue weighted by molar-refractivity contribution is 0.0522. The van der Waals surface area contributed by atoms with Gasteiger partial charge in [0.15, 0.2) is 0 Å². The average Bonchev–Trinajstić information content (AvgIpc) is 3.05. The molecule has 1 aromatic rings. The molecule has 126 valence electrons. The highest BCUT2D eigenvalue weighted by molar-refractivity contribution is 5.68. The van der Waals surface area contributed by atoms with Crippen molar-refractivity contribution in [3.8, 4) is 5.75 Å². The van der Waals surface area contributed by atoms with Gasteiger partial charge in [-0.05, 0) is 63.3 Å². The number of ether oxygens (including phenoxy) is 2. The molecular weight excluding hydrogens is 292 g/mol. The summed E-state index contributed by atoms with van der Waals surface area (Å²) in [6, 6.07) is 7.13. The Bertz CT molecular complexity index is 594. The summed E-state index contributed by atoms with van der Waals surface area (Å²) in [5.41, 5.74) is 2.26. The zero-order valence-electron chi connectivity index (χ0n) is 14.3. The topological polar surface area (TPSA) is 59.6 Å². The fourth-order valence-corrected chi connectivity index (χ4v) is 3.14. The zero-order valence-corrected chi connectivity index (χ0v) is 14.3. The number of methoxy groups -OCH3 is 1. The van der Waals surface area contributed by atoms with Crippen molar-refractivity contribution in [1.29, 1.82) is 0 Å². The van der Waals surface area contributed by atoms with Crippen molar-refractivity contribution in [1.82, 2.24) is 10.6 Å². The molecule has 2 N–H and O–H groups in total. The van der Waals surface area contributed by atoms with Gasteiger partial charge < -0.3 is 20.1 Å². The highest BCUT2D eigenvalue weighted by atomic mass is 16.6. The maximum atomic E-state index is 11.8. The number of carbonyl (C=O) groups excluding carboxylic acids is 1. The largest absolute Gasteiger partial charge is 0.497 e. The Balaban J connectivity index is 1.53. The van der Waals surface area contributed by atoms with E-state index >= 15 is 0 Å². The smallest absolute Gasteiger partial charge is 0.407 e. The molecule has 0 aliphatic heterocycles. The molecule has 3 unspecified atom stereocenters. The summed E-state index contributed by atoms with van der Waals surface area (Å²) in [5, 5.41) is 6.59. The van der Waals surface area contributed by atoms with Gasteiger partial charge in [0.25, 0.3) is 0 Å². The highest BCUT2D eigenvalue weighted by Crippen LogP contribution is 2.36. The molecule has 1 fully saturated rings. The second kappa shape index (κ2) is 6.04. The van der Waals surface area contributed by atoms with Crippen LogP contribution in [-0.4, -0.2) is 30.9 Å². The summed E-state index contributed by atoms with van der Waals surface area (Å²) >= 11 is 0. The average molecular weight is 318 g/mol. The van der Waals surface area contributed by atoms with Gasteiger partial charge >= 0.3 is 6.09 Å². The van der Waals surface area contributed by atoms with E-state index < -0.39 is 5.60 Å². The molecule has 2 aliphatic carbocycles. The number of carbonyl (C=O) groups is 1. The van der Waals surface area contributed by atoms with Gasteiger partial charge in [0.1, 0.15) is 11.4 Å². The zero-order chi connectivity index (χ0) is 16.6. The van der Waals surface area contributed by atoms with Crippen LogP contribution in [0.2, 0.25) is 0 Å². The Morgan fingerprint density at radius 1 is 1.26 bits per heavy atom. The number of hydrogen-bond donors (Lipinski definition) is 2. The summed E-state index contributed by atoms with van der Waals surface area (Å²) < 4.78 is 10.6. The molecule has 23 heavy (non-hydrogen) atoms. The standard InChI is InChI=1S/C18H26N2O3/c1-18(2,3)23-17(21)20-16-10-15(16)19-14-8-6-11-5-7-12(22-4)9-13(11)14/h5,7,9,14-16,19H,6,8,10H2,1-4H3,(H,20,21). The van der Waals surface area contributed by atoms with Crippen LogP contribution in [0.25, 0.3) is 0 Å². The van der Waals surface area contributed by atoms with Gasteiger partial charge in [-0.25, -0.2) is 4.79 Å². The summed E-state index contributed by atoms with van der Waals surface area (Å²) in [4.78, 5) is 11.8. The van der Waals surface area contributed by atoms with E-state index in [4.69, 9.17) is 9.47 Å². The van der Waals surface area contributed by atoms with Crippen molar-refractivity contribution in [3.63, 3.8) is 0 Å². The molecule has 0 heterocycles. The third kappa shape index (κ3) is 3.96. The number of hydrogen-bond acceptors (Lipinski definition) is 4. The van der Waals surface area contributed by atoms with Crippen molar-refractivity contribution in [2.75, 3.05) is 7.11 Å². The monoisotopic (exact) mass is 318 g/mol.